The highest BCUT2D eigenvalue weighted by atomic mass is 16.2. The van der Waals surface area contributed by atoms with Crippen LogP contribution < -0.4 is 15.8 Å². The third-order valence-electron chi connectivity index (χ3n) is 5.64. The molecule has 2 aromatic rings. The van der Waals surface area contributed by atoms with E-state index in [-0.39, 0.29) is 18.0 Å². The van der Waals surface area contributed by atoms with Crippen molar-refractivity contribution >= 4 is 16.7 Å². The third-order valence-corrected chi connectivity index (χ3v) is 5.64. The molecule has 0 aliphatic carbocycles. The minimum absolute atomic E-state index is 0.0835. The topological polar surface area (TPSA) is 55.5 Å². The molecule has 2 unspecified atom stereocenters. The zero-order valence-corrected chi connectivity index (χ0v) is 16.8. The van der Waals surface area contributed by atoms with Crippen LogP contribution in [0.25, 0.3) is 10.8 Å². The van der Waals surface area contributed by atoms with Crippen molar-refractivity contribution in [1.82, 2.24) is 9.88 Å². The molecule has 0 bridgehead atoms. The van der Waals surface area contributed by atoms with E-state index in [1.165, 1.54) is 19.5 Å². The molecular weight excluding hydrogens is 338 g/mol. The number of carbonyl (C=O) groups excluding carboxylic acids is 1. The standard InChI is InChI=1S/C22H31N3O2/c1-16-11-17(2)14-24(13-16)10-6-9-23-21(26)15-25-18(3)12-19-7-4-5-8-20(19)22(25)27/h4-5,7-8,12,16-17H,6,9-11,13-15H2,1-3H3,(H,23,26)/p+1. The first-order valence-electron chi connectivity index (χ1n) is 10.1. The van der Waals surface area contributed by atoms with E-state index in [4.69, 9.17) is 0 Å². The van der Waals surface area contributed by atoms with E-state index < -0.39 is 0 Å². The van der Waals surface area contributed by atoms with E-state index in [1.54, 1.807) is 9.47 Å². The van der Waals surface area contributed by atoms with Crippen molar-refractivity contribution in [2.45, 2.75) is 40.2 Å². The van der Waals surface area contributed by atoms with Crippen LogP contribution in [0.2, 0.25) is 0 Å². The van der Waals surface area contributed by atoms with Crippen molar-refractivity contribution in [2.75, 3.05) is 26.2 Å². The summed E-state index contributed by atoms with van der Waals surface area (Å²) >= 11 is 0. The Kier molecular flexibility index (Phi) is 6.32. The van der Waals surface area contributed by atoms with Crippen molar-refractivity contribution in [3.05, 3.63) is 46.4 Å². The molecule has 146 valence electrons. The van der Waals surface area contributed by atoms with Crippen LogP contribution in [0.1, 0.15) is 32.4 Å². The number of quaternary nitrogens is 1. The Morgan fingerprint density at radius 3 is 2.67 bits per heavy atom. The summed E-state index contributed by atoms with van der Waals surface area (Å²) < 4.78 is 1.57. The van der Waals surface area contributed by atoms with Gasteiger partial charge in [0.15, 0.2) is 0 Å². The second kappa shape index (κ2) is 8.70. The maximum absolute atomic E-state index is 12.7. The molecule has 5 heteroatoms. The van der Waals surface area contributed by atoms with Gasteiger partial charge in [-0.15, -0.1) is 0 Å². The molecule has 1 aromatic carbocycles. The van der Waals surface area contributed by atoms with E-state index in [9.17, 15) is 9.59 Å². The fraction of sp³-hybridized carbons (Fsp3) is 0.545. The molecule has 1 aromatic heterocycles. The summed E-state index contributed by atoms with van der Waals surface area (Å²) in [7, 11) is 0. The Bertz CT molecular complexity index is 848. The lowest BCUT2D eigenvalue weighted by molar-refractivity contribution is -0.912. The van der Waals surface area contributed by atoms with Crippen LogP contribution in [0, 0.1) is 18.8 Å². The highest BCUT2D eigenvalue weighted by Gasteiger charge is 2.24. The van der Waals surface area contributed by atoms with Gasteiger partial charge in [-0.25, -0.2) is 0 Å². The number of amides is 1. The molecule has 1 amide bonds. The number of carbonyl (C=O) groups is 1. The number of aryl methyl sites for hydroxylation is 1. The SMILES string of the molecule is Cc1cc2ccccc2c(=O)n1CC(=O)NCCC[NH+]1CC(C)CC(C)C1. The van der Waals surface area contributed by atoms with Crippen LogP contribution in [0.15, 0.2) is 35.1 Å². The average Bonchev–Trinajstić information content (AvgIpc) is 2.61. The van der Waals surface area contributed by atoms with E-state index in [0.29, 0.717) is 11.9 Å². The van der Waals surface area contributed by atoms with Crippen LogP contribution in [0.5, 0.6) is 0 Å². The summed E-state index contributed by atoms with van der Waals surface area (Å²) in [6.45, 7) is 10.9. The van der Waals surface area contributed by atoms with E-state index >= 15 is 0 Å². The van der Waals surface area contributed by atoms with Gasteiger partial charge < -0.3 is 14.8 Å². The summed E-state index contributed by atoms with van der Waals surface area (Å²) in [5, 5.41) is 4.56. The number of hydrogen-bond donors (Lipinski definition) is 2. The zero-order chi connectivity index (χ0) is 19.4. The fourth-order valence-electron chi connectivity index (χ4n) is 4.51. The Labute approximate surface area is 161 Å². The summed E-state index contributed by atoms with van der Waals surface area (Å²) in [5.74, 6) is 1.49. The largest absolute Gasteiger partial charge is 0.354 e. The highest BCUT2D eigenvalue weighted by molar-refractivity contribution is 5.82. The molecule has 1 aliphatic heterocycles. The molecule has 0 spiro atoms. The van der Waals surface area contributed by atoms with Crippen LogP contribution in [0.4, 0.5) is 0 Å². The van der Waals surface area contributed by atoms with Crippen LogP contribution in [-0.2, 0) is 11.3 Å². The molecule has 2 N–H and O–H groups in total. The first kappa shape index (κ1) is 19.6. The average molecular weight is 371 g/mol. The highest BCUT2D eigenvalue weighted by Crippen LogP contribution is 2.12. The van der Waals surface area contributed by atoms with Gasteiger partial charge in [0.2, 0.25) is 5.91 Å². The van der Waals surface area contributed by atoms with Gasteiger partial charge in [0.25, 0.3) is 5.56 Å². The molecular formula is C22H32N3O2+. The van der Waals surface area contributed by atoms with E-state index in [0.717, 1.165) is 35.9 Å². The van der Waals surface area contributed by atoms with Gasteiger partial charge in [0.05, 0.1) is 19.6 Å². The number of hydrogen-bond acceptors (Lipinski definition) is 2. The Morgan fingerprint density at radius 2 is 1.93 bits per heavy atom. The summed E-state index contributed by atoms with van der Waals surface area (Å²) in [4.78, 5) is 26.6. The quantitative estimate of drug-likeness (QED) is 0.755. The lowest BCUT2D eigenvalue weighted by atomic mass is 9.92. The number of rotatable bonds is 6. The number of nitrogens with zero attached hydrogens (tertiary/aromatic N) is 1. The minimum Gasteiger partial charge on any atom is -0.354 e. The van der Waals surface area contributed by atoms with Crippen molar-refractivity contribution in [1.29, 1.82) is 0 Å². The number of benzene rings is 1. The van der Waals surface area contributed by atoms with Crippen LogP contribution >= 0.6 is 0 Å². The van der Waals surface area contributed by atoms with Gasteiger partial charge >= 0.3 is 0 Å². The normalized spacial score (nSPS) is 22.7. The molecule has 0 saturated carbocycles. The number of pyridine rings is 1. The first-order chi connectivity index (χ1) is 12.9. The fourth-order valence-corrected chi connectivity index (χ4v) is 4.51. The summed E-state index contributed by atoms with van der Waals surface area (Å²) in [6, 6.07) is 9.48. The van der Waals surface area contributed by atoms with Gasteiger partial charge in [-0.1, -0.05) is 32.0 Å². The Morgan fingerprint density at radius 1 is 1.22 bits per heavy atom. The van der Waals surface area contributed by atoms with Gasteiger partial charge in [0, 0.05) is 35.9 Å². The maximum atomic E-state index is 12.7. The monoisotopic (exact) mass is 370 g/mol. The van der Waals surface area contributed by atoms with Crippen molar-refractivity contribution in [3.63, 3.8) is 0 Å². The molecule has 0 radical (unpaired) electrons. The molecule has 27 heavy (non-hydrogen) atoms. The number of nitrogens with one attached hydrogen (secondary N) is 2. The summed E-state index contributed by atoms with van der Waals surface area (Å²) in [5.41, 5.74) is 0.719. The molecule has 1 aliphatic rings. The van der Waals surface area contributed by atoms with Gasteiger partial charge in [0.1, 0.15) is 6.54 Å². The van der Waals surface area contributed by atoms with Gasteiger partial charge in [-0.2, -0.15) is 0 Å². The Balaban J connectivity index is 1.51. The second-order valence-electron chi connectivity index (χ2n) is 8.32. The van der Waals surface area contributed by atoms with Gasteiger partial charge in [-0.3, -0.25) is 9.59 Å². The lowest BCUT2D eigenvalue weighted by Crippen LogP contribution is -3.14. The molecule has 5 nitrogen and oxygen atoms in total. The van der Waals surface area contributed by atoms with Crippen LogP contribution in [-0.4, -0.2) is 36.7 Å². The predicted molar refractivity (Wildman–Crippen MR) is 109 cm³/mol. The molecule has 2 atom stereocenters. The van der Waals surface area contributed by atoms with E-state index in [1.807, 2.05) is 37.3 Å². The lowest BCUT2D eigenvalue weighted by Gasteiger charge is -2.32. The zero-order valence-electron chi connectivity index (χ0n) is 16.8. The smallest absolute Gasteiger partial charge is 0.259 e. The van der Waals surface area contributed by atoms with Crippen molar-refractivity contribution in [3.8, 4) is 0 Å². The molecule has 1 fully saturated rings. The third kappa shape index (κ3) is 4.98. The van der Waals surface area contributed by atoms with Crippen molar-refractivity contribution in [2.24, 2.45) is 11.8 Å². The van der Waals surface area contributed by atoms with Gasteiger partial charge in [-0.05, 0) is 30.9 Å². The predicted octanol–water partition coefficient (Wildman–Crippen LogP) is 1.38. The number of likely N-dealkylation sites (tertiary alicyclic amines) is 1. The van der Waals surface area contributed by atoms with Crippen molar-refractivity contribution < 1.29 is 9.69 Å². The molecule has 1 saturated heterocycles. The number of piperidine rings is 1. The molecule has 2 heterocycles. The first-order valence-corrected chi connectivity index (χ1v) is 10.1. The van der Waals surface area contributed by atoms with Crippen LogP contribution in [0.3, 0.4) is 0 Å². The number of fused-ring (bicyclic) bond motifs is 1. The second-order valence-corrected chi connectivity index (χ2v) is 8.32. The minimum atomic E-state index is -0.0958. The Hall–Kier alpha value is -2.14. The van der Waals surface area contributed by atoms with E-state index in [2.05, 4.69) is 19.2 Å². The molecule has 3 rings (SSSR count). The number of aromatic nitrogens is 1. The summed E-state index contributed by atoms with van der Waals surface area (Å²) in [6.07, 6.45) is 2.31. The maximum Gasteiger partial charge on any atom is 0.259 e.